The van der Waals surface area contributed by atoms with Gasteiger partial charge in [-0.3, -0.25) is 4.90 Å². The van der Waals surface area contributed by atoms with Gasteiger partial charge in [0.25, 0.3) is 5.89 Å². The number of amides is 2. The Morgan fingerprint density at radius 3 is 2.47 bits per heavy atom. The standard InChI is InChI=1S/C25H17Cl2FN4O2/c1-14-21(24-30-23(31-34-24)16-6-2-7-17(26)11-16)22(15-5-3-9-19(28)12-15)29-25(33)32(14)20-10-4-8-18(27)13-20/h2-13,22H,1H3,(H,29,33). The van der Waals surface area contributed by atoms with Gasteiger partial charge < -0.3 is 9.84 Å². The smallest absolute Gasteiger partial charge is 0.326 e. The number of hydrogen-bond donors (Lipinski definition) is 1. The molecule has 3 aromatic carbocycles. The minimum absolute atomic E-state index is 0.189. The highest BCUT2D eigenvalue weighted by Crippen LogP contribution is 2.39. The number of rotatable bonds is 4. The Labute approximate surface area is 204 Å². The predicted octanol–water partition coefficient (Wildman–Crippen LogP) is 6.88. The highest BCUT2D eigenvalue weighted by Gasteiger charge is 2.36. The summed E-state index contributed by atoms with van der Waals surface area (Å²) in [5.74, 6) is 0.0990. The van der Waals surface area contributed by atoms with Crippen LogP contribution in [-0.2, 0) is 0 Å². The van der Waals surface area contributed by atoms with E-state index in [0.717, 1.165) is 0 Å². The Kier molecular flexibility index (Phi) is 5.81. The van der Waals surface area contributed by atoms with Gasteiger partial charge in [0.15, 0.2) is 0 Å². The first kappa shape index (κ1) is 22.1. The average Bonchev–Trinajstić information content (AvgIpc) is 3.28. The zero-order chi connectivity index (χ0) is 23.8. The van der Waals surface area contributed by atoms with Crippen molar-refractivity contribution in [2.75, 3.05) is 4.90 Å². The van der Waals surface area contributed by atoms with Crippen molar-refractivity contribution in [3.8, 4) is 11.4 Å². The van der Waals surface area contributed by atoms with Crippen molar-refractivity contribution < 1.29 is 13.7 Å². The average molecular weight is 495 g/mol. The molecule has 0 spiro atoms. The van der Waals surface area contributed by atoms with Gasteiger partial charge in [-0.2, -0.15) is 4.98 Å². The van der Waals surface area contributed by atoms with E-state index >= 15 is 0 Å². The third-order valence-electron chi connectivity index (χ3n) is 5.47. The molecule has 9 heteroatoms. The summed E-state index contributed by atoms with van der Waals surface area (Å²) in [6.07, 6.45) is 0. The van der Waals surface area contributed by atoms with Crippen molar-refractivity contribution in [3.63, 3.8) is 0 Å². The van der Waals surface area contributed by atoms with E-state index in [-0.39, 0.29) is 5.89 Å². The van der Waals surface area contributed by atoms with Crippen LogP contribution in [-0.4, -0.2) is 16.2 Å². The molecule has 2 amide bonds. The summed E-state index contributed by atoms with van der Waals surface area (Å²) < 4.78 is 19.7. The lowest BCUT2D eigenvalue weighted by Crippen LogP contribution is -2.46. The lowest BCUT2D eigenvalue weighted by molar-refractivity contribution is 0.244. The minimum Gasteiger partial charge on any atom is -0.334 e. The highest BCUT2D eigenvalue weighted by molar-refractivity contribution is 6.31. The molecule has 0 radical (unpaired) electrons. The van der Waals surface area contributed by atoms with E-state index < -0.39 is 17.9 Å². The van der Waals surface area contributed by atoms with Gasteiger partial charge in [-0.15, -0.1) is 0 Å². The van der Waals surface area contributed by atoms with Gasteiger partial charge >= 0.3 is 6.03 Å². The lowest BCUT2D eigenvalue weighted by atomic mass is 9.94. The Bertz CT molecular complexity index is 1440. The van der Waals surface area contributed by atoms with Crippen LogP contribution in [0, 0.1) is 5.82 Å². The topological polar surface area (TPSA) is 71.3 Å². The molecule has 34 heavy (non-hydrogen) atoms. The largest absolute Gasteiger partial charge is 0.334 e. The highest BCUT2D eigenvalue weighted by atomic mass is 35.5. The molecule has 0 saturated heterocycles. The molecule has 4 aromatic rings. The van der Waals surface area contributed by atoms with E-state index in [4.69, 9.17) is 27.7 Å². The molecule has 0 bridgehead atoms. The number of urea groups is 1. The Hall–Kier alpha value is -3.68. The first-order chi connectivity index (χ1) is 16.4. The van der Waals surface area contributed by atoms with Gasteiger partial charge in [0.2, 0.25) is 5.82 Å². The van der Waals surface area contributed by atoms with E-state index in [2.05, 4.69) is 15.5 Å². The monoisotopic (exact) mass is 494 g/mol. The van der Waals surface area contributed by atoms with Crippen LogP contribution >= 0.6 is 23.2 Å². The van der Waals surface area contributed by atoms with Crippen LogP contribution < -0.4 is 10.2 Å². The number of carbonyl (C=O) groups excluding carboxylic acids is 1. The summed E-state index contributed by atoms with van der Waals surface area (Å²) in [7, 11) is 0. The number of nitrogens with zero attached hydrogens (tertiary/aromatic N) is 3. The fourth-order valence-electron chi connectivity index (χ4n) is 3.96. The fourth-order valence-corrected chi connectivity index (χ4v) is 4.33. The van der Waals surface area contributed by atoms with Gasteiger partial charge in [-0.25, -0.2) is 9.18 Å². The normalized spacial score (nSPS) is 16.1. The molecule has 2 heterocycles. The Morgan fingerprint density at radius 1 is 1.00 bits per heavy atom. The number of hydrogen-bond acceptors (Lipinski definition) is 4. The molecule has 0 aliphatic carbocycles. The molecule has 1 atom stereocenters. The van der Waals surface area contributed by atoms with Gasteiger partial charge in [-0.1, -0.05) is 58.7 Å². The van der Waals surface area contributed by atoms with Crippen molar-refractivity contribution >= 4 is 40.5 Å². The minimum atomic E-state index is -0.716. The van der Waals surface area contributed by atoms with E-state index in [0.29, 0.717) is 44.0 Å². The van der Waals surface area contributed by atoms with Crippen LogP contribution in [0.5, 0.6) is 0 Å². The van der Waals surface area contributed by atoms with Gasteiger partial charge in [0.05, 0.1) is 17.3 Å². The number of benzene rings is 3. The van der Waals surface area contributed by atoms with Crippen LogP contribution in [0.25, 0.3) is 17.0 Å². The lowest BCUT2D eigenvalue weighted by Gasteiger charge is -2.35. The van der Waals surface area contributed by atoms with Crippen LogP contribution in [0.1, 0.15) is 24.4 Å². The SMILES string of the molecule is CC1=C(c2nc(-c3cccc(Cl)c3)no2)C(c2cccc(F)c2)NC(=O)N1c1cccc(Cl)c1. The maximum absolute atomic E-state index is 14.1. The van der Waals surface area contributed by atoms with Crippen LogP contribution in [0.3, 0.4) is 0 Å². The van der Waals surface area contributed by atoms with Crippen LogP contribution in [0.4, 0.5) is 14.9 Å². The zero-order valence-corrected chi connectivity index (χ0v) is 19.3. The third-order valence-corrected chi connectivity index (χ3v) is 5.94. The van der Waals surface area contributed by atoms with Gasteiger partial charge in [0.1, 0.15) is 5.82 Å². The fraction of sp³-hybridized carbons (Fsp3) is 0.0800. The summed E-state index contributed by atoms with van der Waals surface area (Å²) in [6.45, 7) is 1.77. The van der Waals surface area contributed by atoms with E-state index in [1.807, 2.05) is 6.07 Å². The van der Waals surface area contributed by atoms with E-state index in [1.165, 1.54) is 17.0 Å². The summed E-state index contributed by atoms with van der Waals surface area (Å²) in [5, 5.41) is 8.06. The molecule has 1 unspecified atom stereocenters. The quantitative estimate of drug-likeness (QED) is 0.335. The molecule has 5 rings (SSSR count). The van der Waals surface area contributed by atoms with Gasteiger partial charge in [-0.05, 0) is 55.0 Å². The number of allylic oxidation sites excluding steroid dienone is 1. The zero-order valence-electron chi connectivity index (χ0n) is 17.8. The van der Waals surface area contributed by atoms with Crippen LogP contribution in [0.15, 0.2) is 83.0 Å². The number of nitrogens with one attached hydrogen (secondary N) is 1. The summed E-state index contributed by atoms with van der Waals surface area (Å²) in [5.41, 5.74) is 2.85. The van der Waals surface area contributed by atoms with Crippen molar-refractivity contribution in [1.82, 2.24) is 15.5 Å². The molecule has 1 aromatic heterocycles. The predicted molar refractivity (Wildman–Crippen MR) is 129 cm³/mol. The molecule has 1 aliphatic heterocycles. The number of aromatic nitrogens is 2. The molecule has 6 nitrogen and oxygen atoms in total. The second-order valence-electron chi connectivity index (χ2n) is 7.69. The second kappa shape index (κ2) is 8.93. The maximum atomic E-state index is 14.1. The summed E-state index contributed by atoms with van der Waals surface area (Å²) in [4.78, 5) is 19.2. The first-order valence-electron chi connectivity index (χ1n) is 10.3. The molecular formula is C25H17Cl2FN4O2. The Morgan fingerprint density at radius 2 is 1.74 bits per heavy atom. The van der Waals surface area contributed by atoms with Crippen molar-refractivity contribution in [2.24, 2.45) is 0 Å². The summed E-state index contributed by atoms with van der Waals surface area (Å²) >= 11 is 12.3. The molecule has 0 saturated carbocycles. The van der Waals surface area contributed by atoms with E-state index in [9.17, 15) is 9.18 Å². The van der Waals surface area contributed by atoms with Gasteiger partial charge in [0, 0.05) is 21.3 Å². The Balaban J connectivity index is 1.67. The van der Waals surface area contributed by atoms with E-state index in [1.54, 1.807) is 61.5 Å². The molecule has 1 N–H and O–H groups in total. The first-order valence-corrected chi connectivity index (χ1v) is 11.1. The number of halogens is 3. The number of anilines is 1. The molecule has 0 fully saturated rings. The number of carbonyl (C=O) groups is 1. The maximum Gasteiger partial charge on any atom is 0.326 e. The molecular weight excluding hydrogens is 478 g/mol. The van der Waals surface area contributed by atoms with Crippen molar-refractivity contribution in [3.05, 3.63) is 106 Å². The third kappa shape index (κ3) is 4.16. The molecule has 1 aliphatic rings. The van der Waals surface area contributed by atoms with Crippen molar-refractivity contribution in [1.29, 1.82) is 0 Å². The van der Waals surface area contributed by atoms with Crippen molar-refractivity contribution in [2.45, 2.75) is 13.0 Å². The van der Waals surface area contributed by atoms with Crippen LogP contribution in [0.2, 0.25) is 10.0 Å². The summed E-state index contributed by atoms with van der Waals surface area (Å²) in [6, 6.07) is 18.9. The molecule has 170 valence electrons. The second-order valence-corrected chi connectivity index (χ2v) is 8.56.